The van der Waals surface area contributed by atoms with Gasteiger partial charge < -0.3 is 14.6 Å². The third-order valence-electron chi connectivity index (χ3n) is 2.88. The fourth-order valence-electron chi connectivity index (χ4n) is 1.78. The maximum atomic E-state index is 8.85. The van der Waals surface area contributed by atoms with Gasteiger partial charge in [-0.05, 0) is 20.3 Å². The van der Waals surface area contributed by atoms with Gasteiger partial charge in [0, 0.05) is 51.6 Å². The predicted octanol–water partition coefficient (Wildman–Crippen LogP) is 1.06. The van der Waals surface area contributed by atoms with Crippen LogP contribution in [0.15, 0.2) is 12.4 Å². The minimum absolute atomic E-state index is 0.269. The molecule has 0 aliphatic heterocycles. The molecule has 0 bridgehead atoms. The van der Waals surface area contributed by atoms with Gasteiger partial charge in [-0.2, -0.15) is 0 Å². The highest BCUT2D eigenvalue weighted by Crippen LogP contribution is 2.03. The van der Waals surface area contributed by atoms with E-state index in [1.54, 1.807) is 0 Å². The van der Waals surface area contributed by atoms with Crippen LogP contribution in [-0.2, 0) is 13.5 Å². The number of aliphatic hydroxyl groups excluding tert-OH is 1. The summed E-state index contributed by atoms with van der Waals surface area (Å²) in [6.45, 7) is 6.61. The zero-order valence-electron chi connectivity index (χ0n) is 10.6. The Morgan fingerprint density at radius 2 is 2.19 bits per heavy atom. The monoisotopic (exact) mass is 225 g/mol. The van der Waals surface area contributed by atoms with E-state index < -0.39 is 0 Å². The highest BCUT2D eigenvalue weighted by molar-refractivity contribution is 4.91. The molecule has 0 aliphatic carbocycles. The van der Waals surface area contributed by atoms with Crippen molar-refractivity contribution in [2.24, 2.45) is 7.05 Å². The molecule has 1 rings (SSSR count). The first kappa shape index (κ1) is 13.2. The second-order valence-electron chi connectivity index (χ2n) is 4.41. The Hall–Kier alpha value is -0.870. The van der Waals surface area contributed by atoms with Gasteiger partial charge in [0.15, 0.2) is 0 Å². The molecule has 1 heterocycles. The number of hydrogen-bond acceptors (Lipinski definition) is 3. The van der Waals surface area contributed by atoms with Crippen molar-refractivity contribution in [3.8, 4) is 0 Å². The maximum absolute atomic E-state index is 8.85. The molecule has 4 nitrogen and oxygen atoms in total. The molecular weight excluding hydrogens is 202 g/mol. The Balaban J connectivity index is 2.40. The topological polar surface area (TPSA) is 41.3 Å². The Bertz CT molecular complexity index is 296. The van der Waals surface area contributed by atoms with E-state index in [-0.39, 0.29) is 6.61 Å². The largest absolute Gasteiger partial charge is 0.396 e. The quantitative estimate of drug-likeness (QED) is 0.754. The van der Waals surface area contributed by atoms with Crippen molar-refractivity contribution in [3.05, 3.63) is 18.2 Å². The van der Waals surface area contributed by atoms with Crippen molar-refractivity contribution >= 4 is 0 Å². The van der Waals surface area contributed by atoms with Crippen LogP contribution in [0.4, 0.5) is 0 Å². The molecule has 0 aromatic carbocycles. The minimum atomic E-state index is 0.269. The molecule has 0 atom stereocenters. The molecule has 1 N–H and O–H groups in total. The SMILES string of the molecule is CC(C)N(CCCO)CCc1nccn1C. The number of rotatable bonds is 7. The summed E-state index contributed by atoms with van der Waals surface area (Å²) in [5.74, 6) is 1.12. The highest BCUT2D eigenvalue weighted by atomic mass is 16.3. The molecule has 1 aromatic rings. The van der Waals surface area contributed by atoms with Crippen molar-refractivity contribution in [2.75, 3.05) is 19.7 Å². The molecule has 0 amide bonds. The normalized spacial score (nSPS) is 11.6. The van der Waals surface area contributed by atoms with Crippen LogP contribution >= 0.6 is 0 Å². The molecule has 0 fully saturated rings. The molecule has 4 heteroatoms. The smallest absolute Gasteiger partial charge is 0.109 e. The van der Waals surface area contributed by atoms with Crippen LogP contribution in [0.3, 0.4) is 0 Å². The van der Waals surface area contributed by atoms with Gasteiger partial charge in [-0.3, -0.25) is 0 Å². The average Bonchev–Trinajstić information content (AvgIpc) is 2.64. The molecule has 0 radical (unpaired) electrons. The molecule has 0 saturated heterocycles. The van der Waals surface area contributed by atoms with E-state index in [9.17, 15) is 0 Å². The number of hydrogen-bond donors (Lipinski definition) is 1. The lowest BCUT2D eigenvalue weighted by Gasteiger charge is -2.25. The Morgan fingerprint density at radius 3 is 2.69 bits per heavy atom. The predicted molar refractivity (Wildman–Crippen MR) is 65.3 cm³/mol. The van der Waals surface area contributed by atoms with Crippen LogP contribution < -0.4 is 0 Å². The van der Waals surface area contributed by atoms with E-state index in [1.165, 1.54) is 0 Å². The van der Waals surface area contributed by atoms with E-state index in [1.807, 2.05) is 19.4 Å². The van der Waals surface area contributed by atoms with Crippen molar-refractivity contribution in [1.29, 1.82) is 0 Å². The van der Waals surface area contributed by atoms with Gasteiger partial charge in [-0.25, -0.2) is 4.98 Å². The number of aryl methyl sites for hydroxylation is 1. The maximum Gasteiger partial charge on any atom is 0.109 e. The lowest BCUT2D eigenvalue weighted by molar-refractivity contribution is 0.192. The third kappa shape index (κ3) is 3.94. The van der Waals surface area contributed by atoms with Gasteiger partial charge in [-0.15, -0.1) is 0 Å². The average molecular weight is 225 g/mol. The number of aromatic nitrogens is 2. The van der Waals surface area contributed by atoms with Gasteiger partial charge in [0.05, 0.1) is 0 Å². The molecule has 0 saturated carbocycles. The van der Waals surface area contributed by atoms with Gasteiger partial charge in [0.1, 0.15) is 5.82 Å². The lowest BCUT2D eigenvalue weighted by atomic mass is 10.2. The molecule has 1 aromatic heterocycles. The Labute approximate surface area is 97.9 Å². The minimum Gasteiger partial charge on any atom is -0.396 e. The lowest BCUT2D eigenvalue weighted by Crippen LogP contribution is -2.34. The molecule has 0 unspecified atom stereocenters. The van der Waals surface area contributed by atoms with Gasteiger partial charge in [-0.1, -0.05) is 0 Å². The Morgan fingerprint density at radius 1 is 1.44 bits per heavy atom. The third-order valence-corrected chi connectivity index (χ3v) is 2.88. The van der Waals surface area contributed by atoms with E-state index >= 15 is 0 Å². The Kier molecular flexibility index (Phi) is 5.49. The van der Waals surface area contributed by atoms with Gasteiger partial charge in [0.25, 0.3) is 0 Å². The summed E-state index contributed by atoms with van der Waals surface area (Å²) in [4.78, 5) is 6.69. The molecular formula is C12H23N3O. The summed E-state index contributed by atoms with van der Waals surface area (Å²) in [5, 5.41) is 8.85. The van der Waals surface area contributed by atoms with Crippen molar-refractivity contribution in [1.82, 2.24) is 14.5 Å². The van der Waals surface area contributed by atoms with E-state index in [0.29, 0.717) is 6.04 Å². The first-order valence-corrected chi connectivity index (χ1v) is 5.96. The summed E-state index contributed by atoms with van der Waals surface area (Å²) in [7, 11) is 2.02. The number of aliphatic hydroxyl groups is 1. The van der Waals surface area contributed by atoms with E-state index in [0.717, 1.165) is 31.8 Å². The summed E-state index contributed by atoms with van der Waals surface area (Å²) in [6.07, 6.45) is 5.62. The first-order chi connectivity index (χ1) is 7.65. The van der Waals surface area contributed by atoms with Crippen molar-refractivity contribution in [3.63, 3.8) is 0 Å². The van der Waals surface area contributed by atoms with Crippen molar-refractivity contribution in [2.45, 2.75) is 32.7 Å². The molecule has 0 aliphatic rings. The van der Waals surface area contributed by atoms with Crippen LogP contribution in [0.2, 0.25) is 0 Å². The van der Waals surface area contributed by atoms with E-state index in [2.05, 4.69) is 28.3 Å². The second-order valence-corrected chi connectivity index (χ2v) is 4.41. The summed E-state index contributed by atoms with van der Waals surface area (Å²) < 4.78 is 2.06. The molecule has 92 valence electrons. The van der Waals surface area contributed by atoms with Gasteiger partial charge in [0.2, 0.25) is 0 Å². The second kappa shape index (κ2) is 6.66. The van der Waals surface area contributed by atoms with Crippen LogP contribution in [0, 0.1) is 0 Å². The van der Waals surface area contributed by atoms with Gasteiger partial charge >= 0.3 is 0 Å². The number of imidazole rings is 1. The highest BCUT2D eigenvalue weighted by Gasteiger charge is 2.10. The summed E-state index contributed by atoms with van der Waals surface area (Å²) in [5.41, 5.74) is 0. The standard InChI is InChI=1S/C12H23N3O/c1-11(2)15(7-4-10-16)8-5-12-13-6-9-14(12)3/h6,9,11,16H,4-5,7-8,10H2,1-3H3. The fraction of sp³-hybridized carbons (Fsp3) is 0.750. The zero-order valence-corrected chi connectivity index (χ0v) is 10.6. The summed E-state index contributed by atoms with van der Waals surface area (Å²) in [6, 6.07) is 0.520. The fourth-order valence-corrected chi connectivity index (χ4v) is 1.78. The molecule has 16 heavy (non-hydrogen) atoms. The summed E-state index contributed by atoms with van der Waals surface area (Å²) >= 11 is 0. The van der Waals surface area contributed by atoms with Crippen molar-refractivity contribution < 1.29 is 5.11 Å². The number of nitrogens with zero attached hydrogens (tertiary/aromatic N) is 3. The molecule has 0 spiro atoms. The van der Waals surface area contributed by atoms with E-state index in [4.69, 9.17) is 5.11 Å². The van der Waals surface area contributed by atoms with Crippen LogP contribution in [0.5, 0.6) is 0 Å². The van der Waals surface area contributed by atoms with Crippen LogP contribution in [-0.4, -0.2) is 45.3 Å². The first-order valence-electron chi connectivity index (χ1n) is 5.96. The van der Waals surface area contributed by atoms with Crippen LogP contribution in [0.25, 0.3) is 0 Å². The zero-order chi connectivity index (χ0) is 12.0. The van der Waals surface area contributed by atoms with Crippen LogP contribution in [0.1, 0.15) is 26.1 Å².